The smallest absolute Gasteiger partial charge is 0.0847 e. The lowest BCUT2D eigenvalue weighted by atomic mass is 9.47. The minimum atomic E-state index is 0.288. The lowest BCUT2D eigenvalue weighted by molar-refractivity contribution is -0.168. The van der Waals surface area contributed by atoms with Crippen LogP contribution in [0.2, 0.25) is 0 Å². The molecule has 1 aromatic heterocycles. The molecular weight excluding hydrogens is 308 g/mol. The normalized spacial score (nSPS) is 45.9. The van der Waals surface area contributed by atoms with Crippen LogP contribution >= 0.6 is 0 Å². The summed E-state index contributed by atoms with van der Waals surface area (Å²) < 4.78 is 6.23. The number of nitrogens with zero attached hydrogens (tertiary/aromatic N) is 2. The van der Waals surface area contributed by atoms with Gasteiger partial charge in [0.25, 0.3) is 0 Å². The first kappa shape index (κ1) is 16.0. The number of fused-ring (bicyclic) bond motifs is 5. The minimum Gasteiger partial charge on any atom is -0.378 e. The van der Waals surface area contributed by atoms with Crippen molar-refractivity contribution < 1.29 is 4.74 Å². The summed E-state index contributed by atoms with van der Waals surface area (Å²) in [6.45, 7) is 6.03. The molecule has 0 spiro atoms. The molecule has 0 bridgehead atoms. The molecular formula is C22H30N2O. The van der Waals surface area contributed by atoms with Crippen molar-refractivity contribution in [1.29, 1.82) is 0 Å². The van der Waals surface area contributed by atoms with Gasteiger partial charge >= 0.3 is 0 Å². The average Bonchev–Trinajstić information content (AvgIpc) is 2.99. The Morgan fingerprint density at radius 2 is 2.00 bits per heavy atom. The predicted octanol–water partition coefficient (Wildman–Crippen LogP) is 4.89. The molecule has 1 aliphatic heterocycles. The summed E-state index contributed by atoms with van der Waals surface area (Å²) in [4.78, 5) is 8.95. The molecule has 1 saturated heterocycles. The van der Waals surface area contributed by atoms with Gasteiger partial charge in [0.15, 0.2) is 0 Å². The Kier molecular flexibility index (Phi) is 3.61. The number of hydrogen-bond acceptors (Lipinski definition) is 3. The van der Waals surface area contributed by atoms with E-state index in [1.54, 1.807) is 6.20 Å². The van der Waals surface area contributed by atoms with Gasteiger partial charge in [-0.3, -0.25) is 9.97 Å². The van der Waals surface area contributed by atoms with Crippen LogP contribution in [0, 0.1) is 28.6 Å². The Morgan fingerprint density at radius 3 is 2.84 bits per heavy atom. The molecule has 3 fully saturated rings. The molecule has 4 aliphatic rings. The molecule has 25 heavy (non-hydrogen) atoms. The minimum absolute atomic E-state index is 0.288. The highest BCUT2D eigenvalue weighted by molar-refractivity contribution is 5.70. The second kappa shape index (κ2) is 5.64. The molecule has 3 nitrogen and oxygen atoms in total. The van der Waals surface area contributed by atoms with Gasteiger partial charge in [0.1, 0.15) is 0 Å². The second-order valence-corrected chi connectivity index (χ2v) is 9.32. The summed E-state index contributed by atoms with van der Waals surface area (Å²) in [5.74, 6) is 2.48. The van der Waals surface area contributed by atoms with Crippen molar-refractivity contribution in [2.75, 3.05) is 6.61 Å². The van der Waals surface area contributed by atoms with Crippen molar-refractivity contribution in [3.05, 3.63) is 30.4 Å². The van der Waals surface area contributed by atoms with Gasteiger partial charge in [-0.25, -0.2) is 0 Å². The van der Waals surface area contributed by atoms with E-state index in [4.69, 9.17) is 4.74 Å². The highest BCUT2D eigenvalue weighted by atomic mass is 16.5. The van der Waals surface area contributed by atoms with E-state index in [9.17, 15) is 0 Å². The fourth-order valence-electron chi connectivity index (χ4n) is 7.12. The van der Waals surface area contributed by atoms with E-state index < -0.39 is 0 Å². The Hall–Kier alpha value is -1.22. The van der Waals surface area contributed by atoms with Crippen LogP contribution in [0.25, 0.3) is 5.57 Å². The highest BCUT2D eigenvalue weighted by Crippen LogP contribution is 2.65. The van der Waals surface area contributed by atoms with E-state index in [-0.39, 0.29) is 5.41 Å². The SMILES string of the molecule is C[C@]12CCCO[C@@H]1CC[C@@H]1[C@@H]2CC[C@]2(C)C(c3cnccn3)=CC[C@@H]12. The van der Waals surface area contributed by atoms with Crippen LogP contribution < -0.4 is 0 Å². The van der Waals surface area contributed by atoms with Crippen LogP contribution in [0.15, 0.2) is 24.7 Å². The van der Waals surface area contributed by atoms with Crippen LogP contribution in [0.4, 0.5) is 0 Å². The summed E-state index contributed by atoms with van der Waals surface area (Å²) >= 11 is 0. The van der Waals surface area contributed by atoms with E-state index in [1.165, 1.54) is 50.5 Å². The van der Waals surface area contributed by atoms with Crippen molar-refractivity contribution in [2.24, 2.45) is 28.6 Å². The van der Waals surface area contributed by atoms with E-state index in [0.717, 1.165) is 30.1 Å². The fraction of sp³-hybridized carbons (Fsp3) is 0.727. The Balaban J connectivity index is 1.46. The Bertz CT molecular complexity index is 687. The van der Waals surface area contributed by atoms with Gasteiger partial charge in [0.2, 0.25) is 0 Å². The molecule has 0 aromatic carbocycles. The first-order chi connectivity index (χ1) is 12.1. The molecule has 3 aliphatic carbocycles. The molecule has 2 saturated carbocycles. The van der Waals surface area contributed by atoms with Gasteiger partial charge < -0.3 is 4.74 Å². The summed E-state index contributed by atoms with van der Waals surface area (Å²) in [5, 5.41) is 0. The third-order valence-electron chi connectivity index (χ3n) is 8.38. The van der Waals surface area contributed by atoms with Gasteiger partial charge in [-0.05, 0) is 79.1 Å². The van der Waals surface area contributed by atoms with Gasteiger partial charge in [-0.15, -0.1) is 0 Å². The number of aromatic nitrogens is 2. The number of allylic oxidation sites excluding steroid dienone is 2. The number of hydrogen-bond donors (Lipinski definition) is 0. The van der Waals surface area contributed by atoms with Crippen LogP contribution in [-0.2, 0) is 4.74 Å². The third kappa shape index (κ3) is 2.21. The van der Waals surface area contributed by atoms with Crippen molar-refractivity contribution in [3.63, 3.8) is 0 Å². The summed E-state index contributed by atoms with van der Waals surface area (Å²) in [6, 6.07) is 0. The summed E-state index contributed by atoms with van der Waals surface area (Å²) in [7, 11) is 0. The zero-order valence-electron chi connectivity index (χ0n) is 15.6. The fourth-order valence-corrected chi connectivity index (χ4v) is 7.12. The molecule has 2 heterocycles. The maximum absolute atomic E-state index is 6.23. The van der Waals surface area contributed by atoms with Crippen LogP contribution in [0.3, 0.4) is 0 Å². The molecule has 0 unspecified atom stereocenters. The number of rotatable bonds is 1. The molecule has 0 N–H and O–H groups in total. The second-order valence-electron chi connectivity index (χ2n) is 9.32. The van der Waals surface area contributed by atoms with E-state index >= 15 is 0 Å². The van der Waals surface area contributed by atoms with Crippen LogP contribution in [0.1, 0.15) is 64.5 Å². The first-order valence-corrected chi connectivity index (χ1v) is 10.2. The zero-order chi connectivity index (χ0) is 17.1. The van der Waals surface area contributed by atoms with E-state index in [0.29, 0.717) is 11.5 Å². The quantitative estimate of drug-likeness (QED) is 0.731. The standard InChI is InChI=1S/C22H30N2O/c1-21-10-8-17-15(4-7-20-22(17,2)9-3-13-25-20)16(21)5-6-18(21)19-14-23-11-12-24-19/h6,11-12,14-17,20H,3-5,7-10,13H2,1-2H3/t15-,16-,17-,20+,21-,22+/m0/s1. The van der Waals surface area contributed by atoms with Crippen LogP contribution in [0.5, 0.6) is 0 Å². The molecule has 1 aromatic rings. The molecule has 6 atom stereocenters. The van der Waals surface area contributed by atoms with Gasteiger partial charge in [0, 0.05) is 19.0 Å². The number of ether oxygens (including phenoxy) is 1. The maximum atomic E-state index is 6.23. The van der Waals surface area contributed by atoms with Crippen molar-refractivity contribution in [3.8, 4) is 0 Å². The van der Waals surface area contributed by atoms with Crippen molar-refractivity contribution in [2.45, 2.75) is 64.9 Å². The molecule has 5 rings (SSSR count). The predicted molar refractivity (Wildman–Crippen MR) is 98.8 cm³/mol. The molecule has 3 heteroatoms. The lowest BCUT2D eigenvalue weighted by Gasteiger charge is -2.59. The average molecular weight is 338 g/mol. The third-order valence-corrected chi connectivity index (χ3v) is 8.38. The Labute approximate surface area is 151 Å². The molecule has 0 amide bonds. The van der Waals surface area contributed by atoms with E-state index in [2.05, 4.69) is 29.9 Å². The Morgan fingerprint density at radius 1 is 1.08 bits per heavy atom. The maximum Gasteiger partial charge on any atom is 0.0847 e. The largest absolute Gasteiger partial charge is 0.378 e. The zero-order valence-corrected chi connectivity index (χ0v) is 15.6. The molecule has 0 radical (unpaired) electrons. The lowest BCUT2D eigenvalue weighted by Crippen LogP contribution is -2.55. The summed E-state index contributed by atoms with van der Waals surface area (Å²) in [5.41, 5.74) is 3.27. The summed E-state index contributed by atoms with van der Waals surface area (Å²) in [6.07, 6.45) is 17.7. The van der Waals surface area contributed by atoms with Crippen molar-refractivity contribution >= 4 is 5.57 Å². The first-order valence-electron chi connectivity index (χ1n) is 10.2. The topological polar surface area (TPSA) is 35.0 Å². The van der Waals surface area contributed by atoms with Crippen molar-refractivity contribution in [1.82, 2.24) is 9.97 Å². The van der Waals surface area contributed by atoms with E-state index in [1.807, 2.05) is 12.4 Å². The molecule has 134 valence electrons. The van der Waals surface area contributed by atoms with Gasteiger partial charge in [-0.2, -0.15) is 0 Å². The van der Waals surface area contributed by atoms with Gasteiger partial charge in [0.05, 0.1) is 18.0 Å². The monoisotopic (exact) mass is 338 g/mol. The highest BCUT2D eigenvalue weighted by Gasteiger charge is 2.58. The van der Waals surface area contributed by atoms with Gasteiger partial charge in [-0.1, -0.05) is 19.9 Å². The van der Waals surface area contributed by atoms with Crippen LogP contribution in [-0.4, -0.2) is 22.7 Å².